The molecule has 1 fully saturated rings. The van der Waals surface area contributed by atoms with Gasteiger partial charge in [-0.25, -0.2) is 4.98 Å². The van der Waals surface area contributed by atoms with Crippen LogP contribution in [-0.2, 0) is 6.54 Å². The van der Waals surface area contributed by atoms with Gasteiger partial charge in [0, 0.05) is 25.0 Å². The van der Waals surface area contributed by atoms with Crippen molar-refractivity contribution in [3.8, 4) is 0 Å². The molecule has 2 aromatic heterocycles. The molecule has 0 bridgehead atoms. The molecule has 21 heavy (non-hydrogen) atoms. The van der Waals surface area contributed by atoms with Crippen molar-refractivity contribution in [1.82, 2.24) is 15.0 Å². The van der Waals surface area contributed by atoms with E-state index in [1.54, 1.807) is 12.4 Å². The lowest BCUT2D eigenvalue weighted by Crippen LogP contribution is -2.10. The zero-order chi connectivity index (χ0) is 14.7. The average Bonchev–Trinajstić information content (AvgIpc) is 3.30. The smallest absolute Gasteiger partial charge is 0.329 e. The van der Waals surface area contributed by atoms with Gasteiger partial charge in [-0.3, -0.25) is 15.1 Å². The third kappa shape index (κ3) is 3.41. The summed E-state index contributed by atoms with van der Waals surface area (Å²) in [6.07, 6.45) is 6.69. The predicted octanol–water partition coefficient (Wildman–Crippen LogP) is 1.97. The monoisotopic (exact) mass is 286 g/mol. The molecular weight excluding hydrogens is 272 g/mol. The molecular formula is C13H14N6O2. The minimum absolute atomic E-state index is 0.103. The van der Waals surface area contributed by atoms with Crippen LogP contribution in [0.4, 0.5) is 17.5 Å². The summed E-state index contributed by atoms with van der Waals surface area (Å²) in [5.41, 5.74) is 0.880. The molecule has 0 aliphatic heterocycles. The lowest BCUT2D eigenvalue weighted by Gasteiger charge is -2.08. The Kier molecular flexibility index (Phi) is 3.59. The zero-order valence-electron chi connectivity index (χ0n) is 11.2. The summed E-state index contributed by atoms with van der Waals surface area (Å²) in [7, 11) is 0. The van der Waals surface area contributed by atoms with Gasteiger partial charge in [0.25, 0.3) is 0 Å². The normalized spacial score (nSPS) is 13.7. The van der Waals surface area contributed by atoms with Crippen LogP contribution in [0, 0.1) is 10.1 Å². The van der Waals surface area contributed by atoms with Gasteiger partial charge in [-0.05, 0) is 24.5 Å². The molecule has 8 nitrogen and oxygen atoms in total. The Bertz CT molecular complexity index is 644. The Balaban J connectivity index is 1.74. The maximum absolute atomic E-state index is 11.0. The van der Waals surface area contributed by atoms with Crippen LogP contribution < -0.4 is 10.6 Å². The van der Waals surface area contributed by atoms with Crippen molar-refractivity contribution in [1.29, 1.82) is 0 Å². The lowest BCUT2D eigenvalue weighted by atomic mass is 10.3. The molecule has 0 atom stereocenters. The molecule has 0 saturated heterocycles. The lowest BCUT2D eigenvalue weighted by molar-refractivity contribution is -0.384. The second kappa shape index (κ2) is 5.70. The fourth-order valence-electron chi connectivity index (χ4n) is 1.81. The average molecular weight is 286 g/mol. The van der Waals surface area contributed by atoms with Gasteiger partial charge in [-0.1, -0.05) is 6.07 Å². The fraction of sp³-hybridized carbons (Fsp3) is 0.308. The van der Waals surface area contributed by atoms with Gasteiger partial charge in [0.15, 0.2) is 0 Å². The first-order chi connectivity index (χ1) is 10.2. The van der Waals surface area contributed by atoms with Gasteiger partial charge in [-0.15, -0.1) is 0 Å². The summed E-state index contributed by atoms with van der Waals surface area (Å²) in [6, 6.07) is 4.05. The van der Waals surface area contributed by atoms with E-state index in [1.807, 2.05) is 12.1 Å². The molecule has 2 N–H and O–H groups in total. The quantitative estimate of drug-likeness (QED) is 0.617. The minimum atomic E-state index is -0.477. The van der Waals surface area contributed by atoms with E-state index in [0.717, 1.165) is 18.4 Å². The Morgan fingerprint density at radius 1 is 1.38 bits per heavy atom. The van der Waals surface area contributed by atoms with Crippen molar-refractivity contribution in [2.24, 2.45) is 0 Å². The highest BCUT2D eigenvalue weighted by molar-refractivity contribution is 5.58. The van der Waals surface area contributed by atoms with E-state index < -0.39 is 4.92 Å². The van der Waals surface area contributed by atoms with Crippen LogP contribution in [0.3, 0.4) is 0 Å². The first-order valence-corrected chi connectivity index (χ1v) is 6.63. The van der Waals surface area contributed by atoms with E-state index in [1.165, 1.54) is 6.20 Å². The van der Waals surface area contributed by atoms with Crippen molar-refractivity contribution in [3.05, 3.63) is 46.4 Å². The van der Waals surface area contributed by atoms with Gasteiger partial charge in [-0.2, -0.15) is 4.98 Å². The number of hydrogen-bond acceptors (Lipinski definition) is 7. The van der Waals surface area contributed by atoms with E-state index in [4.69, 9.17) is 0 Å². The van der Waals surface area contributed by atoms with E-state index in [9.17, 15) is 10.1 Å². The number of rotatable bonds is 6. The minimum Gasteiger partial charge on any atom is -0.361 e. The van der Waals surface area contributed by atoms with E-state index in [2.05, 4.69) is 25.6 Å². The SMILES string of the molecule is O=[N+]([O-])c1cnc(NCc2cccnc2)nc1NC1CC1. The molecule has 108 valence electrons. The second-order valence-corrected chi connectivity index (χ2v) is 4.82. The van der Waals surface area contributed by atoms with Gasteiger partial charge in [0.1, 0.15) is 6.20 Å². The van der Waals surface area contributed by atoms with E-state index in [0.29, 0.717) is 12.5 Å². The topological polar surface area (TPSA) is 106 Å². The first kappa shape index (κ1) is 13.2. The van der Waals surface area contributed by atoms with Crippen molar-refractivity contribution >= 4 is 17.5 Å². The van der Waals surface area contributed by atoms with Gasteiger partial charge in [0.05, 0.1) is 4.92 Å². The molecule has 2 heterocycles. The number of nitrogens with one attached hydrogen (secondary N) is 2. The number of aromatic nitrogens is 3. The van der Waals surface area contributed by atoms with Gasteiger partial charge in [0.2, 0.25) is 11.8 Å². The van der Waals surface area contributed by atoms with Crippen molar-refractivity contribution in [2.75, 3.05) is 10.6 Å². The number of hydrogen-bond donors (Lipinski definition) is 2. The standard InChI is InChI=1S/C13H14N6O2/c20-19(21)11-8-16-13(18-12(11)17-10-3-4-10)15-7-9-2-1-5-14-6-9/h1-2,5-6,8,10H,3-4,7H2,(H2,15,16,17,18). The largest absolute Gasteiger partial charge is 0.361 e. The third-order valence-corrected chi connectivity index (χ3v) is 3.06. The maximum atomic E-state index is 11.0. The van der Waals surface area contributed by atoms with E-state index in [-0.39, 0.29) is 17.5 Å². The highest BCUT2D eigenvalue weighted by Gasteiger charge is 2.26. The number of nitro groups is 1. The number of anilines is 2. The molecule has 1 saturated carbocycles. The van der Waals surface area contributed by atoms with Crippen LogP contribution in [0.1, 0.15) is 18.4 Å². The highest BCUT2D eigenvalue weighted by atomic mass is 16.6. The summed E-state index contributed by atoms with van der Waals surface area (Å²) in [5, 5.41) is 17.1. The molecule has 8 heteroatoms. The highest BCUT2D eigenvalue weighted by Crippen LogP contribution is 2.29. The summed E-state index contributed by atoms with van der Waals surface area (Å²) < 4.78 is 0. The second-order valence-electron chi connectivity index (χ2n) is 4.82. The Morgan fingerprint density at radius 2 is 2.24 bits per heavy atom. The fourth-order valence-corrected chi connectivity index (χ4v) is 1.81. The van der Waals surface area contributed by atoms with Crippen LogP contribution in [0.15, 0.2) is 30.7 Å². The van der Waals surface area contributed by atoms with Crippen LogP contribution in [0.25, 0.3) is 0 Å². The first-order valence-electron chi connectivity index (χ1n) is 6.63. The molecule has 0 aromatic carbocycles. The van der Waals surface area contributed by atoms with Crippen LogP contribution in [0.2, 0.25) is 0 Å². The molecule has 0 amide bonds. The molecule has 0 radical (unpaired) electrons. The van der Waals surface area contributed by atoms with Crippen LogP contribution in [0.5, 0.6) is 0 Å². The van der Waals surface area contributed by atoms with Gasteiger partial charge < -0.3 is 10.6 Å². The summed E-state index contributed by atoms with van der Waals surface area (Å²) >= 11 is 0. The summed E-state index contributed by atoms with van der Waals surface area (Å²) in [4.78, 5) is 22.7. The molecule has 1 aliphatic carbocycles. The van der Waals surface area contributed by atoms with Crippen LogP contribution in [-0.4, -0.2) is 25.9 Å². The van der Waals surface area contributed by atoms with Crippen molar-refractivity contribution < 1.29 is 4.92 Å². The Labute approximate surface area is 120 Å². The number of pyridine rings is 1. The summed E-state index contributed by atoms with van der Waals surface area (Å²) in [6.45, 7) is 0.508. The zero-order valence-corrected chi connectivity index (χ0v) is 11.2. The Hall–Kier alpha value is -2.77. The predicted molar refractivity (Wildman–Crippen MR) is 76.9 cm³/mol. The molecule has 2 aromatic rings. The molecule has 0 spiro atoms. The van der Waals surface area contributed by atoms with Crippen molar-refractivity contribution in [2.45, 2.75) is 25.4 Å². The van der Waals surface area contributed by atoms with Gasteiger partial charge >= 0.3 is 5.69 Å². The number of nitrogens with zero attached hydrogens (tertiary/aromatic N) is 4. The van der Waals surface area contributed by atoms with E-state index >= 15 is 0 Å². The maximum Gasteiger partial charge on any atom is 0.329 e. The Morgan fingerprint density at radius 3 is 2.90 bits per heavy atom. The molecule has 3 rings (SSSR count). The molecule has 0 unspecified atom stereocenters. The molecule has 1 aliphatic rings. The van der Waals surface area contributed by atoms with Crippen LogP contribution >= 0.6 is 0 Å². The van der Waals surface area contributed by atoms with Crippen molar-refractivity contribution in [3.63, 3.8) is 0 Å². The summed E-state index contributed by atoms with van der Waals surface area (Å²) in [5.74, 6) is 0.624. The third-order valence-electron chi connectivity index (χ3n) is 3.06.